The fourth-order valence-corrected chi connectivity index (χ4v) is 0.766. The van der Waals surface area contributed by atoms with Crippen molar-refractivity contribution in [3.63, 3.8) is 0 Å². The minimum Gasteiger partial charge on any atom is -0.271 e. The minimum atomic E-state index is -0.490. The molecule has 0 fully saturated rings. The Labute approximate surface area is 69.0 Å². The van der Waals surface area contributed by atoms with Crippen LogP contribution >= 0.6 is 0 Å². The molecule has 4 nitrogen and oxygen atoms in total. The Kier molecular flexibility index (Phi) is 2.87. The number of isocyanates is 1. The largest absolute Gasteiger partial charge is 0.271 e. The fourth-order valence-electron chi connectivity index (χ4n) is 0.766. The van der Waals surface area contributed by atoms with E-state index in [4.69, 9.17) is 0 Å². The van der Waals surface area contributed by atoms with Gasteiger partial charge in [0.2, 0.25) is 6.08 Å². The van der Waals surface area contributed by atoms with Crippen molar-refractivity contribution in [3.8, 4) is 0 Å². The summed E-state index contributed by atoms with van der Waals surface area (Å²) in [4.78, 5) is 27.2. The van der Waals surface area contributed by atoms with E-state index >= 15 is 0 Å². The number of carbonyl (C=O) groups excluding carboxylic acids is 2. The highest BCUT2D eigenvalue weighted by atomic mass is 16.2. The number of nitrogens with zero attached hydrogens (tertiary/aromatic N) is 2. The van der Waals surface area contributed by atoms with Crippen LogP contribution in [0.4, 0.5) is 0 Å². The summed E-state index contributed by atoms with van der Waals surface area (Å²) in [6.07, 6.45) is 4.47. The van der Waals surface area contributed by atoms with Crippen LogP contribution in [0.2, 0.25) is 0 Å². The number of hydrogen-bond acceptors (Lipinski definition) is 3. The Morgan fingerprint density at radius 3 is 2.75 bits per heavy atom. The summed E-state index contributed by atoms with van der Waals surface area (Å²) in [5.74, 6) is -0.490. The zero-order chi connectivity index (χ0) is 8.81. The van der Waals surface area contributed by atoms with Gasteiger partial charge in [-0.15, -0.1) is 4.99 Å². The van der Waals surface area contributed by atoms with Gasteiger partial charge in [0.25, 0.3) is 5.91 Å². The molecule has 60 valence electrons. The summed E-state index contributed by atoms with van der Waals surface area (Å²) in [7, 11) is 0. The van der Waals surface area contributed by atoms with Crippen LogP contribution in [0.1, 0.15) is 5.56 Å². The van der Waals surface area contributed by atoms with Crippen LogP contribution < -0.4 is 0 Å². The lowest BCUT2D eigenvalue weighted by molar-refractivity contribution is -0.117. The second kappa shape index (κ2) is 4.16. The number of aliphatic imine (C=N–C) groups is 1. The van der Waals surface area contributed by atoms with Crippen LogP contribution in [0, 0.1) is 0 Å². The molecule has 0 radical (unpaired) electrons. The van der Waals surface area contributed by atoms with E-state index in [1.807, 2.05) is 0 Å². The van der Waals surface area contributed by atoms with Gasteiger partial charge in [-0.05, 0) is 17.7 Å². The number of hydrogen-bond donors (Lipinski definition) is 0. The van der Waals surface area contributed by atoms with Gasteiger partial charge in [-0.25, -0.2) is 4.79 Å². The third kappa shape index (κ3) is 2.44. The van der Waals surface area contributed by atoms with E-state index in [-0.39, 0.29) is 6.42 Å². The first-order chi connectivity index (χ1) is 5.83. The molecule has 1 heterocycles. The zero-order valence-electron chi connectivity index (χ0n) is 6.23. The van der Waals surface area contributed by atoms with Gasteiger partial charge >= 0.3 is 0 Å². The Morgan fingerprint density at radius 1 is 1.50 bits per heavy atom. The topological polar surface area (TPSA) is 59.4 Å². The van der Waals surface area contributed by atoms with Crippen molar-refractivity contribution in [2.75, 3.05) is 0 Å². The summed E-state index contributed by atoms with van der Waals surface area (Å²) in [6, 6.07) is 3.39. The average Bonchev–Trinajstić information content (AvgIpc) is 2.06. The number of pyridine rings is 1. The Morgan fingerprint density at radius 2 is 2.17 bits per heavy atom. The first-order valence-corrected chi connectivity index (χ1v) is 3.32. The summed E-state index contributed by atoms with van der Waals surface area (Å²) in [5.41, 5.74) is 0.786. The number of carbonyl (C=O) groups is 1. The molecule has 0 saturated carbocycles. The SMILES string of the molecule is O=C=NC(=O)Cc1ccncc1. The lowest BCUT2D eigenvalue weighted by Crippen LogP contribution is -1.97. The van der Waals surface area contributed by atoms with Gasteiger partial charge in [0.15, 0.2) is 0 Å². The van der Waals surface area contributed by atoms with Crippen molar-refractivity contribution >= 4 is 12.0 Å². The molecule has 0 aliphatic heterocycles. The number of aromatic nitrogens is 1. The predicted octanol–water partition coefficient (Wildman–Crippen LogP) is 0.486. The molecule has 1 aromatic heterocycles. The monoisotopic (exact) mass is 162 g/mol. The summed E-state index contributed by atoms with van der Waals surface area (Å²) < 4.78 is 0. The standard InChI is InChI=1S/C8H6N2O2/c11-6-10-8(12)5-7-1-3-9-4-2-7/h1-4H,5H2. The Hall–Kier alpha value is -1.80. The maximum absolute atomic E-state index is 10.8. The molecule has 0 aromatic carbocycles. The van der Waals surface area contributed by atoms with Gasteiger partial charge in [0.1, 0.15) is 0 Å². The maximum atomic E-state index is 10.8. The van der Waals surface area contributed by atoms with Crippen LogP contribution in [0.15, 0.2) is 29.5 Å². The Bertz CT molecular complexity index is 315. The highest BCUT2D eigenvalue weighted by molar-refractivity contribution is 5.83. The van der Waals surface area contributed by atoms with Gasteiger partial charge in [-0.1, -0.05) is 0 Å². The van der Waals surface area contributed by atoms with E-state index in [0.717, 1.165) is 5.56 Å². The normalized spacial score (nSPS) is 8.67. The zero-order valence-corrected chi connectivity index (χ0v) is 6.23. The third-order valence-electron chi connectivity index (χ3n) is 1.28. The molecule has 0 spiro atoms. The molecule has 0 atom stereocenters. The molecule has 1 rings (SSSR count). The summed E-state index contributed by atoms with van der Waals surface area (Å²) in [5, 5.41) is 0. The van der Waals surface area contributed by atoms with Crippen LogP contribution in [-0.2, 0) is 16.0 Å². The molecular weight excluding hydrogens is 156 g/mol. The molecule has 4 heteroatoms. The van der Waals surface area contributed by atoms with E-state index in [1.165, 1.54) is 6.08 Å². The van der Waals surface area contributed by atoms with E-state index in [0.29, 0.717) is 0 Å². The molecule has 0 aliphatic carbocycles. The summed E-state index contributed by atoms with van der Waals surface area (Å²) >= 11 is 0. The second-order valence-electron chi connectivity index (χ2n) is 2.13. The molecular formula is C8H6N2O2. The summed E-state index contributed by atoms with van der Waals surface area (Å²) in [6.45, 7) is 0. The highest BCUT2D eigenvalue weighted by Crippen LogP contribution is 1.97. The van der Waals surface area contributed by atoms with Crippen molar-refractivity contribution in [1.29, 1.82) is 0 Å². The number of rotatable bonds is 2. The van der Waals surface area contributed by atoms with Crippen LogP contribution in [-0.4, -0.2) is 17.0 Å². The first kappa shape index (κ1) is 8.30. The predicted molar refractivity (Wildman–Crippen MR) is 41.1 cm³/mol. The molecule has 0 N–H and O–H groups in total. The minimum absolute atomic E-state index is 0.123. The van der Waals surface area contributed by atoms with Gasteiger partial charge in [0.05, 0.1) is 6.42 Å². The highest BCUT2D eigenvalue weighted by Gasteiger charge is 1.99. The van der Waals surface area contributed by atoms with E-state index in [1.54, 1.807) is 24.5 Å². The maximum Gasteiger partial charge on any atom is 0.260 e. The van der Waals surface area contributed by atoms with Gasteiger partial charge < -0.3 is 0 Å². The van der Waals surface area contributed by atoms with Crippen molar-refractivity contribution in [3.05, 3.63) is 30.1 Å². The quantitative estimate of drug-likeness (QED) is 0.469. The van der Waals surface area contributed by atoms with E-state index < -0.39 is 5.91 Å². The van der Waals surface area contributed by atoms with Gasteiger partial charge in [-0.2, -0.15) is 0 Å². The van der Waals surface area contributed by atoms with Crippen molar-refractivity contribution in [2.24, 2.45) is 4.99 Å². The van der Waals surface area contributed by atoms with Crippen molar-refractivity contribution in [2.45, 2.75) is 6.42 Å². The fraction of sp³-hybridized carbons (Fsp3) is 0.125. The lowest BCUT2D eigenvalue weighted by atomic mass is 10.2. The van der Waals surface area contributed by atoms with Gasteiger partial charge in [0, 0.05) is 12.4 Å². The average molecular weight is 162 g/mol. The molecule has 1 aromatic rings. The van der Waals surface area contributed by atoms with E-state index in [9.17, 15) is 9.59 Å². The second-order valence-corrected chi connectivity index (χ2v) is 2.13. The molecule has 0 bridgehead atoms. The van der Waals surface area contributed by atoms with E-state index in [2.05, 4.69) is 9.98 Å². The van der Waals surface area contributed by atoms with Gasteiger partial charge in [-0.3, -0.25) is 9.78 Å². The lowest BCUT2D eigenvalue weighted by Gasteiger charge is -1.92. The Balaban J connectivity index is 2.64. The van der Waals surface area contributed by atoms with Crippen molar-refractivity contribution < 1.29 is 9.59 Å². The molecule has 12 heavy (non-hydrogen) atoms. The number of amides is 1. The molecule has 0 aliphatic rings. The molecule has 1 amide bonds. The van der Waals surface area contributed by atoms with Crippen LogP contribution in [0.3, 0.4) is 0 Å². The van der Waals surface area contributed by atoms with Crippen molar-refractivity contribution in [1.82, 2.24) is 4.98 Å². The van der Waals surface area contributed by atoms with Crippen LogP contribution in [0.5, 0.6) is 0 Å². The molecule has 0 saturated heterocycles. The smallest absolute Gasteiger partial charge is 0.260 e. The van der Waals surface area contributed by atoms with Crippen LogP contribution in [0.25, 0.3) is 0 Å². The molecule has 0 unspecified atom stereocenters. The third-order valence-corrected chi connectivity index (χ3v) is 1.28. The first-order valence-electron chi connectivity index (χ1n) is 3.32.